The number of rotatable bonds is 5. The van der Waals surface area contributed by atoms with Crippen LogP contribution in [-0.2, 0) is 0 Å². The summed E-state index contributed by atoms with van der Waals surface area (Å²) >= 11 is 3.23. The Morgan fingerprint density at radius 3 is 2.61 bits per heavy atom. The molecule has 0 radical (unpaired) electrons. The number of benzene rings is 2. The van der Waals surface area contributed by atoms with E-state index in [1.807, 2.05) is 19.1 Å². The zero-order valence-electron chi connectivity index (χ0n) is 12.1. The molecule has 0 aromatic heterocycles. The van der Waals surface area contributed by atoms with E-state index in [4.69, 9.17) is 0 Å². The Morgan fingerprint density at radius 2 is 1.96 bits per heavy atom. The van der Waals surface area contributed by atoms with E-state index in [2.05, 4.69) is 31.2 Å². The highest BCUT2D eigenvalue weighted by Gasteiger charge is 2.09. The van der Waals surface area contributed by atoms with Crippen LogP contribution in [0.25, 0.3) is 0 Å². The van der Waals surface area contributed by atoms with E-state index < -0.39 is 12.5 Å². The number of hydrogen-bond acceptors (Lipinski definition) is 3. The molecule has 0 spiro atoms. The highest BCUT2D eigenvalue weighted by molar-refractivity contribution is 9.10. The summed E-state index contributed by atoms with van der Waals surface area (Å²) in [6.45, 7) is -1.03. The lowest BCUT2D eigenvalue weighted by Crippen LogP contribution is -2.17. The number of carbonyl (C=O) groups is 1. The van der Waals surface area contributed by atoms with Crippen molar-refractivity contribution in [3.63, 3.8) is 0 Å². The molecule has 120 valence electrons. The third-order valence-corrected chi connectivity index (χ3v) is 3.36. The summed E-state index contributed by atoms with van der Waals surface area (Å²) in [6.07, 6.45) is 1.24. The van der Waals surface area contributed by atoms with Gasteiger partial charge in [-0.05, 0) is 37.3 Å². The average Bonchev–Trinajstić information content (AvgIpc) is 2.50. The van der Waals surface area contributed by atoms with Crippen molar-refractivity contribution in [3.8, 4) is 5.75 Å². The molecule has 1 amide bonds. The first-order valence-corrected chi connectivity index (χ1v) is 7.39. The smallest absolute Gasteiger partial charge is 0.387 e. The van der Waals surface area contributed by atoms with Gasteiger partial charge in [-0.1, -0.05) is 33.6 Å². The molecule has 0 aliphatic rings. The van der Waals surface area contributed by atoms with E-state index in [1.165, 1.54) is 12.3 Å². The molecule has 23 heavy (non-hydrogen) atoms. The normalized spacial score (nSPS) is 11.0. The van der Waals surface area contributed by atoms with Gasteiger partial charge in [0.2, 0.25) is 0 Å². The molecule has 0 aliphatic carbocycles. The Kier molecular flexibility index (Phi) is 5.81. The van der Waals surface area contributed by atoms with Gasteiger partial charge in [-0.25, -0.2) is 5.43 Å². The summed E-state index contributed by atoms with van der Waals surface area (Å²) in [7, 11) is 0. The monoisotopic (exact) mass is 382 g/mol. The molecule has 0 fully saturated rings. The minimum Gasteiger partial charge on any atom is -0.434 e. The lowest BCUT2D eigenvalue weighted by atomic mass is 10.1. The lowest BCUT2D eigenvalue weighted by Gasteiger charge is -2.08. The van der Waals surface area contributed by atoms with Gasteiger partial charge in [0.05, 0.1) is 6.21 Å². The molecule has 0 unspecified atom stereocenters. The average molecular weight is 383 g/mol. The van der Waals surface area contributed by atoms with Crippen molar-refractivity contribution in [1.82, 2.24) is 5.43 Å². The van der Waals surface area contributed by atoms with Gasteiger partial charge in [-0.3, -0.25) is 4.79 Å². The largest absolute Gasteiger partial charge is 0.434 e. The van der Waals surface area contributed by atoms with E-state index in [-0.39, 0.29) is 5.75 Å². The number of aryl methyl sites for hydroxylation is 1. The topological polar surface area (TPSA) is 50.7 Å². The molecule has 0 atom stereocenters. The third-order valence-electron chi connectivity index (χ3n) is 2.87. The molecule has 4 nitrogen and oxygen atoms in total. The van der Waals surface area contributed by atoms with Crippen molar-refractivity contribution in [2.45, 2.75) is 13.5 Å². The van der Waals surface area contributed by atoms with Crippen LogP contribution in [0.15, 0.2) is 52.0 Å². The predicted molar refractivity (Wildman–Crippen MR) is 87.0 cm³/mol. The van der Waals surface area contributed by atoms with Gasteiger partial charge in [0, 0.05) is 15.6 Å². The van der Waals surface area contributed by atoms with Gasteiger partial charge in [-0.15, -0.1) is 0 Å². The fourth-order valence-corrected chi connectivity index (χ4v) is 2.13. The molecule has 1 N–H and O–H groups in total. The van der Waals surface area contributed by atoms with E-state index in [0.29, 0.717) is 15.6 Å². The van der Waals surface area contributed by atoms with Gasteiger partial charge < -0.3 is 4.74 Å². The van der Waals surface area contributed by atoms with Crippen molar-refractivity contribution in [2.75, 3.05) is 0 Å². The Hall–Kier alpha value is -2.28. The fourth-order valence-electron chi connectivity index (χ4n) is 1.75. The first-order valence-electron chi connectivity index (χ1n) is 6.60. The Morgan fingerprint density at radius 1 is 1.26 bits per heavy atom. The van der Waals surface area contributed by atoms with Crippen LogP contribution in [0.1, 0.15) is 21.5 Å². The summed E-state index contributed by atoms with van der Waals surface area (Å²) in [6, 6.07) is 11.5. The van der Waals surface area contributed by atoms with E-state index in [1.54, 1.807) is 24.3 Å². The van der Waals surface area contributed by atoms with Crippen LogP contribution in [0.3, 0.4) is 0 Å². The van der Waals surface area contributed by atoms with Crippen molar-refractivity contribution < 1.29 is 18.3 Å². The molecule has 2 rings (SSSR count). The van der Waals surface area contributed by atoms with Gasteiger partial charge in [0.25, 0.3) is 5.91 Å². The third kappa shape index (κ3) is 5.14. The number of nitrogens with one attached hydrogen (secondary N) is 1. The van der Waals surface area contributed by atoms with E-state index >= 15 is 0 Å². The Balaban J connectivity index is 2.09. The van der Waals surface area contributed by atoms with Crippen LogP contribution < -0.4 is 10.2 Å². The molecule has 2 aromatic rings. The van der Waals surface area contributed by atoms with Crippen LogP contribution in [0.5, 0.6) is 5.75 Å². The first-order chi connectivity index (χ1) is 11.0. The zero-order chi connectivity index (χ0) is 16.8. The van der Waals surface area contributed by atoms with Crippen LogP contribution in [0, 0.1) is 6.92 Å². The zero-order valence-corrected chi connectivity index (χ0v) is 13.7. The molecule has 0 bridgehead atoms. The summed E-state index contributed by atoms with van der Waals surface area (Å²) in [5.41, 5.74) is 4.13. The second kappa shape index (κ2) is 7.82. The lowest BCUT2D eigenvalue weighted by molar-refractivity contribution is -0.0499. The fraction of sp³-hybridized carbons (Fsp3) is 0.125. The standard InChI is InChI=1S/C16H13BrF2N2O2/c1-10-2-4-11(5-3-10)15(22)21-20-9-12-8-13(17)6-7-14(12)23-16(18)19/h2-9,16H,1H3,(H,21,22)/b20-9-. The number of carbonyl (C=O) groups excluding carboxylic acids is 1. The number of ether oxygens (including phenoxy) is 1. The molecule has 0 aliphatic heterocycles. The summed E-state index contributed by atoms with van der Waals surface area (Å²) in [4.78, 5) is 11.9. The quantitative estimate of drug-likeness (QED) is 0.624. The number of amides is 1. The Labute approximate surface area is 140 Å². The SMILES string of the molecule is Cc1ccc(C(=O)N/N=C\c2cc(Br)ccc2OC(F)F)cc1. The predicted octanol–water partition coefficient (Wildman–Crippen LogP) is 4.12. The second-order valence-electron chi connectivity index (χ2n) is 4.63. The van der Waals surface area contributed by atoms with Crippen molar-refractivity contribution in [1.29, 1.82) is 0 Å². The maximum Gasteiger partial charge on any atom is 0.387 e. The summed E-state index contributed by atoms with van der Waals surface area (Å²) in [5, 5.41) is 3.78. The van der Waals surface area contributed by atoms with E-state index in [0.717, 1.165) is 5.56 Å². The van der Waals surface area contributed by atoms with Crippen LogP contribution in [-0.4, -0.2) is 18.7 Å². The molecule has 0 saturated heterocycles. The van der Waals surface area contributed by atoms with Gasteiger partial charge in [0.1, 0.15) is 5.75 Å². The van der Waals surface area contributed by atoms with Gasteiger partial charge in [-0.2, -0.15) is 13.9 Å². The Bertz CT molecular complexity index is 719. The van der Waals surface area contributed by atoms with Crippen LogP contribution in [0.2, 0.25) is 0 Å². The molecule has 7 heteroatoms. The van der Waals surface area contributed by atoms with Gasteiger partial charge in [0.15, 0.2) is 0 Å². The minimum absolute atomic E-state index is 0.0310. The van der Waals surface area contributed by atoms with Crippen molar-refractivity contribution in [2.24, 2.45) is 5.10 Å². The van der Waals surface area contributed by atoms with Crippen LogP contribution >= 0.6 is 15.9 Å². The van der Waals surface area contributed by atoms with Crippen molar-refractivity contribution in [3.05, 3.63) is 63.6 Å². The minimum atomic E-state index is -2.94. The number of nitrogens with zero attached hydrogens (tertiary/aromatic N) is 1. The molecule has 0 saturated carbocycles. The summed E-state index contributed by atoms with van der Waals surface area (Å²) in [5.74, 6) is -0.427. The highest BCUT2D eigenvalue weighted by Crippen LogP contribution is 2.23. The molecule has 0 heterocycles. The van der Waals surface area contributed by atoms with Crippen LogP contribution in [0.4, 0.5) is 8.78 Å². The number of hydrogen-bond donors (Lipinski definition) is 1. The second-order valence-corrected chi connectivity index (χ2v) is 5.54. The molecule has 2 aromatic carbocycles. The van der Waals surface area contributed by atoms with E-state index in [9.17, 15) is 13.6 Å². The molecular weight excluding hydrogens is 370 g/mol. The van der Waals surface area contributed by atoms with Gasteiger partial charge >= 0.3 is 6.61 Å². The number of halogens is 3. The van der Waals surface area contributed by atoms with Crippen molar-refractivity contribution >= 4 is 28.1 Å². The summed E-state index contributed by atoms with van der Waals surface area (Å²) < 4.78 is 29.8. The highest BCUT2D eigenvalue weighted by atomic mass is 79.9. The first kappa shape index (κ1) is 17.1. The molecular formula is C16H13BrF2N2O2. The maximum atomic E-state index is 12.4. The maximum absolute atomic E-state index is 12.4. The number of hydrazone groups is 1. The number of alkyl halides is 2.